The average molecular weight is 394 g/mol. The molecule has 0 spiro atoms. The quantitative estimate of drug-likeness (QED) is 0.553. The number of amides is 1. The van der Waals surface area contributed by atoms with Crippen molar-refractivity contribution in [2.75, 3.05) is 11.9 Å². The van der Waals surface area contributed by atoms with E-state index < -0.39 is 5.91 Å². The molecule has 1 N–H and O–H groups in total. The number of aryl methyl sites for hydroxylation is 2. The molecule has 148 valence electrons. The molecule has 0 saturated heterocycles. The minimum Gasteiger partial charge on any atom is -0.493 e. The van der Waals surface area contributed by atoms with Crippen LogP contribution in [0.5, 0.6) is 5.75 Å². The van der Waals surface area contributed by atoms with Crippen LogP contribution >= 0.6 is 0 Å². The van der Waals surface area contributed by atoms with Crippen molar-refractivity contribution in [2.24, 2.45) is 7.05 Å². The van der Waals surface area contributed by atoms with Crippen LogP contribution in [0.2, 0.25) is 0 Å². The second kappa shape index (κ2) is 7.27. The number of para-hydroxylation sites is 1. The van der Waals surface area contributed by atoms with Crippen LogP contribution in [0, 0.1) is 6.92 Å². The smallest absolute Gasteiger partial charge is 0.265 e. The molecule has 0 aliphatic rings. The number of carbonyl (C=O) groups excluding carboxylic acids is 1. The first-order valence-corrected chi connectivity index (χ1v) is 8.94. The Balaban J connectivity index is 1.66. The fourth-order valence-electron chi connectivity index (χ4n) is 3.06. The molecule has 0 bridgehead atoms. The van der Waals surface area contributed by atoms with Gasteiger partial charge in [-0.3, -0.25) is 14.9 Å². The topological polar surface area (TPSA) is 112 Å². The fourth-order valence-corrected chi connectivity index (χ4v) is 3.06. The van der Waals surface area contributed by atoms with E-state index >= 15 is 0 Å². The molecular formula is C20H18N4O5. The molecule has 1 aromatic carbocycles. The van der Waals surface area contributed by atoms with E-state index in [-0.39, 0.29) is 33.9 Å². The molecule has 29 heavy (non-hydrogen) atoms. The Morgan fingerprint density at radius 2 is 2.10 bits per heavy atom. The van der Waals surface area contributed by atoms with Gasteiger partial charge in [-0.05, 0) is 26.0 Å². The lowest BCUT2D eigenvalue weighted by Gasteiger charge is -2.06. The number of hydrogen-bond donors (Lipinski definition) is 1. The lowest BCUT2D eigenvalue weighted by molar-refractivity contribution is 0.102. The first-order valence-electron chi connectivity index (χ1n) is 8.94. The van der Waals surface area contributed by atoms with E-state index in [2.05, 4.69) is 15.5 Å². The summed E-state index contributed by atoms with van der Waals surface area (Å²) in [6.07, 6.45) is 1.34. The Morgan fingerprint density at radius 1 is 1.31 bits per heavy atom. The highest BCUT2D eigenvalue weighted by atomic mass is 16.5. The Morgan fingerprint density at radius 3 is 2.90 bits per heavy atom. The van der Waals surface area contributed by atoms with Crippen molar-refractivity contribution in [2.45, 2.75) is 13.8 Å². The van der Waals surface area contributed by atoms with Crippen LogP contribution in [0.25, 0.3) is 22.4 Å². The lowest BCUT2D eigenvalue weighted by atomic mass is 10.1. The second-order valence-electron chi connectivity index (χ2n) is 6.33. The van der Waals surface area contributed by atoms with Gasteiger partial charge in [-0.1, -0.05) is 17.3 Å². The molecule has 9 nitrogen and oxygen atoms in total. The number of furan rings is 1. The number of nitrogens with zero attached hydrogens (tertiary/aromatic N) is 3. The summed E-state index contributed by atoms with van der Waals surface area (Å²) in [7, 11) is 1.55. The minimum atomic E-state index is -0.549. The van der Waals surface area contributed by atoms with Gasteiger partial charge in [-0.2, -0.15) is 0 Å². The van der Waals surface area contributed by atoms with E-state index in [1.807, 2.05) is 31.2 Å². The van der Waals surface area contributed by atoms with Crippen molar-refractivity contribution in [3.05, 3.63) is 58.3 Å². The Hall–Kier alpha value is -3.88. The average Bonchev–Trinajstić information content (AvgIpc) is 3.29. The zero-order valence-electron chi connectivity index (χ0n) is 16.1. The molecule has 1 amide bonds. The normalized spacial score (nSPS) is 11.0. The van der Waals surface area contributed by atoms with Crippen molar-refractivity contribution in [1.82, 2.24) is 14.7 Å². The summed E-state index contributed by atoms with van der Waals surface area (Å²) in [4.78, 5) is 29.3. The third-order valence-corrected chi connectivity index (χ3v) is 4.38. The minimum absolute atomic E-state index is 0.111. The van der Waals surface area contributed by atoms with Crippen molar-refractivity contribution in [3.63, 3.8) is 0 Å². The van der Waals surface area contributed by atoms with Crippen LogP contribution in [0.3, 0.4) is 0 Å². The van der Waals surface area contributed by atoms with Crippen molar-refractivity contribution >= 4 is 22.9 Å². The van der Waals surface area contributed by atoms with Gasteiger partial charge in [0.1, 0.15) is 28.9 Å². The van der Waals surface area contributed by atoms with Gasteiger partial charge >= 0.3 is 0 Å². The molecule has 0 saturated carbocycles. The maximum absolute atomic E-state index is 12.8. The van der Waals surface area contributed by atoms with Gasteiger partial charge in [0.25, 0.3) is 11.5 Å². The van der Waals surface area contributed by atoms with E-state index in [0.717, 1.165) is 5.56 Å². The van der Waals surface area contributed by atoms with Gasteiger partial charge in [0.15, 0.2) is 0 Å². The predicted octanol–water partition coefficient (Wildman–Crippen LogP) is 3.14. The predicted molar refractivity (Wildman–Crippen MR) is 105 cm³/mol. The first kappa shape index (κ1) is 18.5. The number of carbonyl (C=O) groups is 1. The lowest BCUT2D eigenvalue weighted by Crippen LogP contribution is -2.20. The number of rotatable bonds is 5. The van der Waals surface area contributed by atoms with Gasteiger partial charge in [-0.15, -0.1) is 0 Å². The second-order valence-corrected chi connectivity index (χ2v) is 6.33. The Kier molecular flexibility index (Phi) is 4.63. The molecule has 0 unspecified atom stereocenters. The molecule has 0 aliphatic heterocycles. The highest BCUT2D eigenvalue weighted by molar-refractivity contribution is 6.12. The maximum Gasteiger partial charge on any atom is 0.265 e. The van der Waals surface area contributed by atoms with Gasteiger partial charge in [0, 0.05) is 18.7 Å². The molecule has 0 fully saturated rings. The Labute approximate surface area is 164 Å². The van der Waals surface area contributed by atoms with Crippen LogP contribution in [-0.4, -0.2) is 27.2 Å². The van der Waals surface area contributed by atoms with Crippen LogP contribution < -0.4 is 15.6 Å². The molecule has 0 radical (unpaired) electrons. The molecule has 9 heteroatoms. The zero-order chi connectivity index (χ0) is 20.5. The number of anilines is 1. The number of benzene rings is 1. The number of ether oxygens (including phenoxy) is 1. The van der Waals surface area contributed by atoms with Crippen LogP contribution in [0.4, 0.5) is 5.88 Å². The number of fused-ring (bicyclic) bond motifs is 1. The molecule has 4 aromatic rings. The molecule has 0 aliphatic carbocycles. The number of aromatic nitrogens is 3. The van der Waals surface area contributed by atoms with E-state index in [4.69, 9.17) is 13.7 Å². The molecular weight excluding hydrogens is 376 g/mol. The highest BCUT2D eigenvalue weighted by Crippen LogP contribution is 2.31. The third kappa shape index (κ3) is 3.27. The fraction of sp³-hybridized carbons (Fsp3) is 0.200. The standard InChI is InChI=1S/C20H18N4O5/c1-4-27-14-8-6-5-7-12(14)13-9-15(29-23-13)22-18(25)16-11(2)28-19-17(16)20(26)24(3)10-21-19/h5-10H,4H2,1-3H3,(H,22,25). The van der Waals surface area contributed by atoms with Gasteiger partial charge in [0.2, 0.25) is 11.6 Å². The summed E-state index contributed by atoms with van der Waals surface area (Å²) in [5.41, 5.74) is 1.10. The summed E-state index contributed by atoms with van der Waals surface area (Å²) in [6, 6.07) is 8.98. The van der Waals surface area contributed by atoms with E-state index in [1.165, 1.54) is 10.9 Å². The zero-order valence-corrected chi connectivity index (χ0v) is 16.1. The van der Waals surface area contributed by atoms with Crippen molar-refractivity contribution in [1.29, 1.82) is 0 Å². The molecule has 3 aromatic heterocycles. The van der Waals surface area contributed by atoms with E-state index in [1.54, 1.807) is 20.0 Å². The van der Waals surface area contributed by atoms with E-state index in [9.17, 15) is 9.59 Å². The molecule has 3 heterocycles. The third-order valence-electron chi connectivity index (χ3n) is 4.38. The number of nitrogens with one attached hydrogen (secondary N) is 1. The summed E-state index contributed by atoms with van der Waals surface area (Å²) in [5, 5.41) is 6.75. The monoisotopic (exact) mass is 394 g/mol. The Bertz CT molecular complexity index is 1270. The van der Waals surface area contributed by atoms with Gasteiger partial charge in [0.05, 0.1) is 12.2 Å². The largest absolute Gasteiger partial charge is 0.493 e. The summed E-state index contributed by atoms with van der Waals surface area (Å²) in [5.74, 6) is 0.528. The number of hydrogen-bond acceptors (Lipinski definition) is 7. The van der Waals surface area contributed by atoms with Crippen LogP contribution in [-0.2, 0) is 7.05 Å². The van der Waals surface area contributed by atoms with Crippen LogP contribution in [0.15, 0.2) is 50.4 Å². The van der Waals surface area contributed by atoms with Crippen molar-refractivity contribution < 1.29 is 18.5 Å². The molecule has 0 atom stereocenters. The van der Waals surface area contributed by atoms with Gasteiger partial charge in [-0.25, -0.2) is 4.98 Å². The summed E-state index contributed by atoms with van der Waals surface area (Å²) < 4.78 is 17.6. The summed E-state index contributed by atoms with van der Waals surface area (Å²) in [6.45, 7) is 4.00. The van der Waals surface area contributed by atoms with Crippen LogP contribution in [0.1, 0.15) is 23.0 Å². The molecule has 4 rings (SSSR count). The highest BCUT2D eigenvalue weighted by Gasteiger charge is 2.23. The van der Waals surface area contributed by atoms with Crippen molar-refractivity contribution in [3.8, 4) is 17.0 Å². The van der Waals surface area contributed by atoms with E-state index in [0.29, 0.717) is 18.1 Å². The van der Waals surface area contributed by atoms with Gasteiger partial charge < -0.3 is 18.2 Å². The SMILES string of the molecule is CCOc1ccccc1-c1cc(NC(=O)c2c(C)oc3ncn(C)c(=O)c23)on1. The maximum atomic E-state index is 12.8. The summed E-state index contributed by atoms with van der Waals surface area (Å²) >= 11 is 0. The first-order chi connectivity index (χ1) is 14.0.